The Hall–Kier alpha value is -4.07. The highest BCUT2D eigenvalue weighted by Gasteiger charge is 2.14. The second-order valence-electron chi connectivity index (χ2n) is 6.70. The van der Waals surface area contributed by atoms with Crippen LogP contribution in [0, 0.1) is 24.0 Å². The van der Waals surface area contributed by atoms with E-state index < -0.39 is 4.92 Å². The van der Waals surface area contributed by atoms with Gasteiger partial charge in [0.25, 0.3) is 11.2 Å². The molecule has 0 saturated heterocycles. The largest absolute Gasteiger partial charge is 0.326 e. The molecule has 0 radical (unpaired) electrons. The fourth-order valence-corrected chi connectivity index (χ4v) is 3.11. The molecule has 0 amide bonds. The molecule has 0 bridgehead atoms. The first-order chi connectivity index (χ1) is 13.9. The van der Waals surface area contributed by atoms with E-state index in [4.69, 9.17) is 0 Å². The number of hydrogen-bond donors (Lipinski definition) is 2. The Kier molecular flexibility index (Phi) is 4.52. The maximum atomic E-state index is 12.8. The second kappa shape index (κ2) is 7.16. The summed E-state index contributed by atoms with van der Waals surface area (Å²) in [6.45, 7) is 4.03. The highest BCUT2D eigenvalue weighted by molar-refractivity contribution is 5.92. The van der Waals surface area contributed by atoms with Crippen molar-refractivity contribution in [1.82, 2.24) is 15.0 Å². The van der Waals surface area contributed by atoms with Crippen LogP contribution in [-0.2, 0) is 0 Å². The van der Waals surface area contributed by atoms with Gasteiger partial charge < -0.3 is 5.32 Å². The van der Waals surface area contributed by atoms with Gasteiger partial charge in [-0.2, -0.15) is 4.98 Å². The Morgan fingerprint density at radius 3 is 2.66 bits per heavy atom. The van der Waals surface area contributed by atoms with Gasteiger partial charge in [-0.25, -0.2) is 4.98 Å². The number of anilines is 2. The number of aromatic amines is 1. The molecule has 4 rings (SSSR count). The smallest absolute Gasteiger partial charge is 0.270 e. The first-order valence-electron chi connectivity index (χ1n) is 8.90. The average molecular weight is 387 g/mol. The predicted molar refractivity (Wildman–Crippen MR) is 111 cm³/mol. The van der Waals surface area contributed by atoms with Gasteiger partial charge in [0.1, 0.15) is 0 Å². The molecule has 0 aliphatic rings. The summed E-state index contributed by atoms with van der Waals surface area (Å²) in [6, 6.07) is 13.6. The first-order valence-corrected chi connectivity index (χ1v) is 8.90. The van der Waals surface area contributed by atoms with Gasteiger partial charge in [-0.3, -0.25) is 19.9 Å². The summed E-state index contributed by atoms with van der Waals surface area (Å²) < 4.78 is 0. The number of rotatable bonds is 4. The Morgan fingerprint density at radius 2 is 1.90 bits per heavy atom. The van der Waals surface area contributed by atoms with Gasteiger partial charge in [0.2, 0.25) is 5.95 Å². The van der Waals surface area contributed by atoms with E-state index in [0.29, 0.717) is 11.1 Å². The monoisotopic (exact) mass is 387 g/mol. The summed E-state index contributed by atoms with van der Waals surface area (Å²) in [6.07, 6.45) is 1.53. The lowest BCUT2D eigenvalue weighted by atomic mass is 10.0. The third-order valence-electron chi connectivity index (χ3n) is 4.75. The Balaban J connectivity index is 1.80. The number of benzene rings is 2. The summed E-state index contributed by atoms with van der Waals surface area (Å²) in [5, 5.41) is 14.5. The zero-order chi connectivity index (χ0) is 20.5. The number of nitrogens with zero attached hydrogens (tertiary/aromatic N) is 3. The normalized spacial score (nSPS) is 10.8. The highest BCUT2D eigenvalue weighted by Crippen LogP contribution is 2.28. The number of fused-ring (bicyclic) bond motifs is 1. The van der Waals surface area contributed by atoms with Gasteiger partial charge in [-0.15, -0.1) is 0 Å². The third-order valence-corrected chi connectivity index (χ3v) is 4.75. The number of aryl methyl sites for hydroxylation is 2. The lowest BCUT2D eigenvalue weighted by Crippen LogP contribution is -2.13. The van der Waals surface area contributed by atoms with Crippen LogP contribution >= 0.6 is 0 Å². The quantitative estimate of drug-likeness (QED) is 0.400. The van der Waals surface area contributed by atoms with Crippen molar-refractivity contribution in [2.24, 2.45) is 0 Å². The van der Waals surface area contributed by atoms with Crippen LogP contribution in [0.1, 0.15) is 11.1 Å². The molecule has 0 saturated carbocycles. The van der Waals surface area contributed by atoms with E-state index >= 15 is 0 Å². The predicted octanol–water partition coefficient (Wildman–Crippen LogP) is 4.25. The van der Waals surface area contributed by atoms with E-state index in [2.05, 4.69) is 20.3 Å². The molecule has 8 heteroatoms. The summed E-state index contributed by atoms with van der Waals surface area (Å²) in [7, 11) is 0. The molecule has 2 aromatic heterocycles. The minimum Gasteiger partial charge on any atom is -0.326 e. The highest BCUT2D eigenvalue weighted by atomic mass is 16.6. The van der Waals surface area contributed by atoms with Crippen molar-refractivity contribution in [2.75, 3.05) is 5.32 Å². The van der Waals surface area contributed by atoms with Crippen molar-refractivity contribution in [3.63, 3.8) is 0 Å². The van der Waals surface area contributed by atoms with E-state index in [1.54, 1.807) is 18.2 Å². The number of H-pyrrole nitrogens is 1. The van der Waals surface area contributed by atoms with E-state index in [0.717, 1.165) is 11.3 Å². The summed E-state index contributed by atoms with van der Waals surface area (Å²) in [5.41, 5.74) is 3.98. The first kappa shape index (κ1) is 18.3. The Labute approximate surface area is 165 Å². The van der Waals surface area contributed by atoms with Crippen molar-refractivity contribution < 1.29 is 4.92 Å². The van der Waals surface area contributed by atoms with Gasteiger partial charge in [0, 0.05) is 29.6 Å². The van der Waals surface area contributed by atoms with E-state index in [9.17, 15) is 14.9 Å². The van der Waals surface area contributed by atoms with Crippen molar-refractivity contribution in [1.29, 1.82) is 0 Å². The zero-order valence-corrected chi connectivity index (χ0v) is 15.8. The van der Waals surface area contributed by atoms with E-state index in [-0.39, 0.29) is 28.2 Å². The van der Waals surface area contributed by atoms with Crippen molar-refractivity contribution in [3.8, 4) is 11.1 Å². The van der Waals surface area contributed by atoms with Crippen LogP contribution in [0.25, 0.3) is 22.2 Å². The molecular formula is C21H17N5O3. The fourth-order valence-electron chi connectivity index (χ4n) is 3.11. The molecule has 29 heavy (non-hydrogen) atoms. The van der Waals surface area contributed by atoms with Crippen LogP contribution in [0.5, 0.6) is 0 Å². The van der Waals surface area contributed by atoms with Crippen LogP contribution in [0.15, 0.2) is 59.5 Å². The van der Waals surface area contributed by atoms with Gasteiger partial charge in [-0.05, 0) is 48.7 Å². The molecule has 0 unspecified atom stereocenters. The molecule has 0 aliphatic heterocycles. The molecule has 2 heterocycles. The van der Waals surface area contributed by atoms with Crippen molar-refractivity contribution in [2.45, 2.75) is 13.8 Å². The number of nitro benzene ring substituents is 1. The molecule has 4 aromatic rings. The summed E-state index contributed by atoms with van der Waals surface area (Å²) >= 11 is 0. The molecule has 2 aromatic carbocycles. The lowest BCUT2D eigenvalue weighted by molar-refractivity contribution is -0.384. The summed E-state index contributed by atoms with van der Waals surface area (Å²) in [5.74, 6) is 0.273. The maximum Gasteiger partial charge on any atom is 0.270 e. The number of non-ortho nitro benzene ring substituents is 1. The average Bonchev–Trinajstić information content (AvgIpc) is 2.70. The minimum atomic E-state index is -0.471. The van der Waals surface area contributed by atoms with Crippen LogP contribution in [0.4, 0.5) is 17.3 Å². The molecule has 0 aliphatic carbocycles. The number of nitro groups is 1. The van der Waals surface area contributed by atoms with E-state index in [1.165, 1.54) is 23.9 Å². The number of pyridine rings is 1. The number of nitrogens with one attached hydrogen (secondary N) is 2. The Bertz CT molecular complexity index is 1310. The zero-order valence-electron chi connectivity index (χ0n) is 15.8. The van der Waals surface area contributed by atoms with Crippen LogP contribution in [-0.4, -0.2) is 19.9 Å². The van der Waals surface area contributed by atoms with Crippen LogP contribution in [0.3, 0.4) is 0 Å². The lowest BCUT2D eigenvalue weighted by Gasteiger charge is -2.10. The molecule has 144 valence electrons. The maximum absolute atomic E-state index is 12.8. The number of aromatic nitrogens is 3. The molecule has 0 fully saturated rings. The molecule has 0 spiro atoms. The Morgan fingerprint density at radius 1 is 1.07 bits per heavy atom. The molecular weight excluding hydrogens is 370 g/mol. The molecule has 0 atom stereocenters. The van der Waals surface area contributed by atoms with Gasteiger partial charge in [-0.1, -0.05) is 18.2 Å². The van der Waals surface area contributed by atoms with Gasteiger partial charge >= 0.3 is 0 Å². The van der Waals surface area contributed by atoms with Gasteiger partial charge in [0.05, 0.1) is 10.3 Å². The van der Waals surface area contributed by atoms with Gasteiger partial charge in [0.15, 0.2) is 5.65 Å². The summed E-state index contributed by atoms with van der Waals surface area (Å²) in [4.78, 5) is 34.8. The fraction of sp³-hybridized carbons (Fsp3) is 0.0952. The number of hydrogen-bond acceptors (Lipinski definition) is 6. The topological polar surface area (TPSA) is 114 Å². The minimum absolute atomic E-state index is 0.0510. The SMILES string of the molecule is Cc1ccc(Nc2nc3nccc(-c4cccc([N+](=O)[O-])c4)c3c(=O)[nH]2)cc1C. The van der Waals surface area contributed by atoms with Crippen molar-refractivity contribution in [3.05, 3.63) is 86.3 Å². The van der Waals surface area contributed by atoms with Crippen LogP contribution in [0.2, 0.25) is 0 Å². The van der Waals surface area contributed by atoms with Crippen LogP contribution < -0.4 is 10.9 Å². The second-order valence-corrected chi connectivity index (χ2v) is 6.70. The van der Waals surface area contributed by atoms with Crippen molar-refractivity contribution >= 4 is 28.4 Å². The molecule has 2 N–H and O–H groups in total. The standard InChI is InChI=1S/C21H17N5O3/c1-12-6-7-15(10-13(12)2)23-21-24-19-18(20(27)25-21)17(8-9-22-19)14-4-3-5-16(11-14)26(28)29/h3-11H,1-2H3,(H2,22,23,24,25,27). The molecule has 8 nitrogen and oxygen atoms in total. The van der Waals surface area contributed by atoms with E-state index in [1.807, 2.05) is 32.0 Å². The third kappa shape index (κ3) is 3.55.